The van der Waals surface area contributed by atoms with Crippen LogP contribution >= 0.6 is 0 Å². The highest BCUT2D eigenvalue weighted by molar-refractivity contribution is 5.82. The highest BCUT2D eigenvalue weighted by atomic mass is 16.5. The van der Waals surface area contributed by atoms with E-state index in [1.165, 1.54) is 17.8 Å². The summed E-state index contributed by atoms with van der Waals surface area (Å²) in [5.74, 6) is -0.597. The lowest BCUT2D eigenvalue weighted by atomic mass is 10.2. The van der Waals surface area contributed by atoms with Gasteiger partial charge in [0.05, 0.1) is 6.21 Å². The number of benzene rings is 1. The normalized spacial score (nSPS) is 10.4. The van der Waals surface area contributed by atoms with Gasteiger partial charge < -0.3 is 5.11 Å². The Morgan fingerprint density at radius 3 is 2.55 bits per heavy atom. The van der Waals surface area contributed by atoms with Gasteiger partial charge in [0, 0.05) is 12.8 Å². The summed E-state index contributed by atoms with van der Waals surface area (Å²) in [4.78, 5) is 22.1. The van der Waals surface area contributed by atoms with E-state index < -0.39 is 5.91 Å². The summed E-state index contributed by atoms with van der Waals surface area (Å²) in [5, 5.41) is 21.3. The van der Waals surface area contributed by atoms with Crippen molar-refractivity contribution in [3.05, 3.63) is 29.8 Å². The van der Waals surface area contributed by atoms with Crippen LogP contribution in [0.3, 0.4) is 0 Å². The van der Waals surface area contributed by atoms with Gasteiger partial charge in [0.2, 0.25) is 11.8 Å². The number of aromatic hydroxyl groups is 1. The van der Waals surface area contributed by atoms with E-state index in [9.17, 15) is 14.7 Å². The Bertz CT molecular complexity index is 488. The third kappa shape index (κ3) is 6.50. The number of hydrogen-bond acceptors (Lipinski definition) is 5. The summed E-state index contributed by atoms with van der Waals surface area (Å²) >= 11 is 0. The molecule has 0 unspecified atom stereocenters. The van der Waals surface area contributed by atoms with Crippen LogP contribution in [0.2, 0.25) is 0 Å². The number of phenols is 1. The maximum Gasteiger partial charge on any atom is 0.243 e. The Kier molecular flexibility index (Phi) is 6.77. The number of amides is 2. The fourth-order valence-corrected chi connectivity index (χ4v) is 1.47. The van der Waals surface area contributed by atoms with E-state index in [1.807, 2.05) is 0 Å². The third-order valence-electron chi connectivity index (χ3n) is 2.46. The minimum atomic E-state index is -0.465. The van der Waals surface area contributed by atoms with Crippen LogP contribution in [-0.2, 0) is 9.59 Å². The van der Waals surface area contributed by atoms with Gasteiger partial charge in [0.25, 0.3) is 0 Å². The first-order chi connectivity index (χ1) is 9.61. The predicted molar refractivity (Wildman–Crippen MR) is 72.2 cm³/mol. The molecule has 1 aromatic rings. The topological polar surface area (TPSA) is 111 Å². The molecule has 108 valence electrons. The van der Waals surface area contributed by atoms with Crippen LogP contribution in [0.4, 0.5) is 0 Å². The Balaban J connectivity index is 2.21. The SMILES string of the molecule is O=C(CCCCC(=O)N/N=C/c1cccc(O)c1)NO. The van der Waals surface area contributed by atoms with Gasteiger partial charge in [-0.2, -0.15) is 5.10 Å². The quantitative estimate of drug-likeness (QED) is 0.257. The molecule has 4 N–H and O–H groups in total. The number of hydroxylamine groups is 1. The average molecular weight is 279 g/mol. The predicted octanol–water partition coefficient (Wildman–Crippen LogP) is 0.908. The zero-order chi connectivity index (χ0) is 14.8. The van der Waals surface area contributed by atoms with E-state index in [1.54, 1.807) is 18.2 Å². The maximum atomic E-state index is 11.4. The summed E-state index contributed by atoms with van der Waals surface area (Å²) in [6.45, 7) is 0. The van der Waals surface area contributed by atoms with E-state index in [4.69, 9.17) is 5.21 Å². The average Bonchev–Trinajstić information content (AvgIpc) is 2.43. The molecule has 0 radical (unpaired) electrons. The van der Waals surface area contributed by atoms with Crippen molar-refractivity contribution < 1.29 is 19.9 Å². The number of carbonyl (C=O) groups is 2. The van der Waals surface area contributed by atoms with Crippen molar-refractivity contribution in [3.8, 4) is 5.75 Å². The van der Waals surface area contributed by atoms with Crippen LogP contribution in [0.5, 0.6) is 5.75 Å². The molecule has 0 aliphatic rings. The highest BCUT2D eigenvalue weighted by Crippen LogP contribution is 2.08. The van der Waals surface area contributed by atoms with Gasteiger partial charge in [0.1, 0.15) is 5.75 Å². The Labute approximate surface area is 116 Å². The van der Waals surface area contributed by atoms with E-state index in [0.717, 1.165) is 0 Å². The van der Waals surface area contributed by atoms with Crippen LogP contribution in [0.15, 0.2) is 29.4 Å². The summed E-state index contributed by atoms with van der Waals surface area (Å²) in [6.07, 6.45) is 2.89. The van der Waals surface area contributed by atoms with Crippen LogP contribution < -0.4 is 10.9 Å². The largest absolute Gasteiger partial charge is 0.508 e. The van der Waals surface area contributed by atoms with Crippen LogP contribution in [0, 0.1) is 0 Å². The van der Waals surface area contributed by atoms with Gasteiger partial charge >= 0.3 is 0 Å². The maximum absolute atomic E-state index is 11.4. The van der Waals surface area contributed by atoms with Crippen molar-refractivity contribution in [2.24, 2.45) is 5.10 Å². The Morgan fingerprint density at radius 2 is 1.90 bits per heavy atom. The zero-order valence-electron chi connectivity index (χ0n) is 10.9. The van der Waals surface area contributed by atoms with E-state index in [0.29, 0.717) is 18.4 Å². The zero-order valence-corrected chi connectivity index (χ0v) is 10.9. The minimum Gasteiger partial charge on any atom is -0.508 e. The van der Waals surface area contributed by atoms with Crippen molar-refractivity contribution in [3.63, 3.8) is 0 Å². The molecule has 7 nitrogen and oxygen atoms in total. The van der Waals surface area contributed by atoms with Gasteiger partial charge in [-0.05, 0) is 30.5 Å². The van der Waals surface area contributed by atoms with Crippen LogP contribution in [0.25, 0.3) is 0 Å². The number of hydrazone groups is 1. The molecule has 0 fully saturated rings. The molecular weight excluding hydrogens is 262 g/mol. The summed E-state index contributed by atoms with van der Waals surface area (Å²) in [5.41, 5.74) is 4.55. The second-order valence-electron chi connectivity index (χ2n) is 4.13. The highest BCUT2D eigenvalue weighted by Gasteiger charge is 2.02. The lowest BCUT2D eigenvalue weighted by Crippen LogP contribution is -2.19. The van der Waals surface area contributed by atoms with E-state index in [-0.39, 0.29) is 24.5 Å². The van der Waals surface area contributed by atoms with Gasteiger partial charge in [-0.15, -0.1) is 0 Å². The molecule has 20 heavy (non-hydrogen) atoms. The molecule has 0 atom stereocenters. The lowest BCUT2D eigenvalue weighted by molar-refractivity contribution is -0.129. The number of nitrogens with one attached hydrogen (secondary N) is 2. The van der Waals surface area contributed by atoms with E-state index >= 15 is 0 Å². The number of unbranched alkanes of at least 4 members (excludes halogenated alkanes) is 1. The van der Waals surface area contributed by atoms with Gasteiger partial charge in [-0.3, -0.25) is 14.8 Å². The molecule has 0 heterocycles. The molecular formula is C13H17N3O4. The van der Waals surface area contributed by atoms with Crippen molar-refractivity contribution in [2.75, 3.05) is 0 Å². The Hall–Kier alpha value is -2.41. The molecule has 0 saturated heterocycles. The molecule has 1 rings (SSSR count). The fourth-order valence-electron chi connectivity index (χ4n) is 1.47. The molecule has 0 spiro atoms. The summed E-state index contributed by atoms with van der Waals surface area (Å²) < 4.78 is 0. The number of phenolic OH excluding ortho intramolecular Hbond substituents is 1. The smallest absolute Gasteiger partial charge is 0.243 e. The third-order valence-corrected chi connectivity index (χ3v) is 2.46. The standard InChI is InChI=1S/C13H17N3O4/c17-11-5-3-4-10(8-11)9-14-15-12(18)6-1-2-7-13(19)16-20/h3-5,8-9,17,20H,1-2,6-7H2,(H,15,18)(H,16,19)/b14-9+. The van der Waals surface area contributed by atoms with Gasteiger partial charge in [-0.25, -0.2) is 10.9 Å². The molecule has 2 amide bonds. The molecule has 7 heteroatoms. The number of rotatable bonds is 7. The van der Waals surface area contributed by atoms with Crippen molar-refractivity contribution in [1.82, 2.24) is 10.9 Å². The molecule has 0 saturated carbocycles. The van der Waals surface area contributed by atoms with E-state index in [2.05, 4.69) is 10.5 Å². The summed E-state index contributed by atoms with van der Waals surface area (Å²) in [7, 11) is 0. The summed E-state index contributed by atoms with van der Waals surface area (Å²) in [6, 6.07) is 6.47. The van der Waals surface area contributed by atoms with Crippen molar-refractivity contribution >= 4 is 18.0 Å². The molecule has 0 aliphatic heterocycles. The first kappa shape index (κ1) is 15.6. The number of carbonyl (C=O) groups excluding carboxylic acids is 2. The molecule has 0 aliphatic carbocycles. The molecule has 0 aromatic heterocycles. The van der Waals surface area contributed by atoms with Gasteiger partial charge in [0.15, 0.2) is 0 Å². The van der Waals surface area contributed by atoms with Crippen LogP contribution in [0.1, 0.15) is 31.2 Å². The second kappa shape index (κ2) is 8.65. The monoisotopic (exact) mass is 279 g/mol. The second-order valence-corrected chi connectivity index (χ2v) is 4.13. The fraction of sp³-hybridized carbons (Fsp3) is 0.308. The van der Waals surface area contributed by atoms with Gasteiger partial charge in [-0.1, -0.05) is 12.1 Å². The minimum absolute atomic E-state index is 0.127. The first-order valence-electron chi connectivity index (χ1n) is 6.15. The van der Waals surface area contributed by atoms with Crippen molar-refractivity contribution in [1.29, 1.82) is 0 Å². The Morgan fingerprint density at radius 1 is 1.20 bits per heavy atom. The lowest BCUT2D eigenvalue weighted by Gasteiger charge is -2.00. The number of nitrogens with zero attached hydrogens (tertiary/aromatic N) is 1. The number of hydrogen-bond donors (Lipinski definition) is 4. The van der Waals surface area contributed by atoms with Crippen molar-refractivity contribution in [2.45, 2.75) is 25.7 Å². The molecule has 1 aromatic carbocycles. The van der Waals surface area contributed by atoms with Crippen LogP contribution in [-0.4, -0.2) is 28.3 Å². The first-order valence-corrected chi connectivity index (χ1v) is 6.15. The molecule has 0 bridgehead atoms.